The molecule has 1 atom stereocenters. The van der Waals surface area contributed by atoms with E-state index in [0.29, 0.717) is 0 Å². The lowest BCUT2D eigenvalue weighted by Gasteiger charge is -2.22. The molecule has 2 rings (SSSR count). The number of hydrogen-bond donors (Lipinski definition) is 2. The van der Waals surface area contributed by atoms with Crippen molar-refractivity contribution in [2.75, 3.05) is 20.1 Å². The molecule has 1 saturated heterocycles. The number of nitrogens with zero attached hydrogens (tertiary/aromatic N) is 1. The van der Waals surface area contributed by atoms with Crippen molar-refractivity contribution in [2.24, 2.45) is 0 Å². The molecule has 154 valence electrons. The molecular weight excluding hydrogens is 378 g/mol. The number of nitrogens with one attached hydrogen (secondary N) is 1. The summed E-state index contributed by atoms with van der Waals surface area (Å²) in [5.41, 5.74) is -2.65. The molecule has 10 heteroatoms. The molecular formula is C17H22F6N2O2. The summed E-state index contributed by atoms with van der Waals surface area (Å²) in [6, 6.07) is 0.951. The minimum atomic E-state index is -4.80. The lowest BCUT2D eigenvalue weighted by atomic mass is 10.0. The predicted octanol–water partition coefficient (Wildman–Crippen LogP) is 5.15. The van der Waals surface area contributed by atoms with E-state index in [1.807, 2.05) is 0 Å². The third kappa shape index (κ3) is 7.28. The van der Waals surface area contributed by atoms with Crippen LogP contribution in [0.5, 0.6) is 0 Å². The largest absolute Gasteiger partial charge is 0.465 e. The second-order valence-corrected chi connectivity index (χ2v) is 6.18. The standard InChI is InChI=1S/C11H11F6N.C6H11NO2/c1-6(18-2)7-3-8(10(12,13)14)5-9(4-7)11(15,16)17;8-6(9)7-4-2-1-3-5-7/h3-6,18H,1-2H3;1-5H2,(H,8,9)/t6-;/m1./s1. The Balaban J connectivity index is 0.000000337. The van der Waals surface area contributed by atoms with Crippen molar-refractivity contribution in [2.45, 2.75) is 44.6 Å². The number of piperidine rings is 1. The van der Waals surface area contributed by atoms with Gasteiger partial charge in [0, 0.05) is 19.1 Å². The molecule has 0 aliphatic carbocycles. The Hall–Kier alpha value is -1.97. The van der Waals surface area contributed by atoms with Crippen LogP contribution in [0.4, 0.5) is 31.1 Å². The zero-order valence-corrected chi connectivity index (χ0v) is 14.9. The van der Waals surface area contributed by atoms with Gasteiger partial charge in [0.15, 0.2) is 0 Å². The van der Waals surface area contributed by atoms with E-state index >= 15 is 0 Å². The summed E-state index contributed by atoms with van der Waals surface area (Å²) >= 11 is 0. The van der Waals surface area contributed by atoms with Gasteiger partial charge in [-0.15, -0.1) is 0 Å². The van der Waals surface area contributed by atoms with E-state index in [9.17, 15) is 31.1 Å². The summed E-state index contributed by atoms with van der Waals surface area (Å²) in [6.07, 6.45) is -7.12. The average Bonchev–Trinajstić information content (AvgIpc) is 2.60. The van der Waals surface area contributed by atoms with Gasteiger partial charge in [-0.1, -0.05) is 0 Å². The Morgan fingerprint density at radius 2 is 1.44 bits per heavy atom. The zero-order chi connectivity index (χ0) is 20.8. The third-order valence-electron chi connectivity index (χ3n) is 4.17. The first kappa shape index (κ1) is 23.1. The normalized spacial score (nSPS) is 16.4. The number of amides is 1. The van der Waals surface area contributed by atoms with Crippen LogP contribution in [0.3, 0.4) is 0 Å². The number of carbonyl (C=O) groups is 1. The lowest BCUT2D eigenvalue weighted by molar-refractivity contribution is -0.143. The van der Waals surface area contributed by atoms with Gasteiger partial charge in [-0.25, -0.2) is 4.79 Å². The maximum absolute atomic E-state index is 12.5. The molecule has 0 aromatic heterocycles. The second-order valence-electron chi connectivity index (χ2n) is 6.18. The van der Waals surface area contributed by atoms with Crippen LogP contribution in [0.2, 0.25) is 0 Å². The van der Waals surface area contributed by atoms with Gasteiger partial charge >= 0.3 is 18.4 Å². The Bertz CT molecular complexity index is 593. The molecule has 1 aliphatic rings. The first-order valence-electron chi connectivity index (χ1n) is 8.30. The van der Waals surface area contributed by atoms with Crippen LogP contribution in [0, 0.1) is 0 Å². The summed E-state index contributed by atoms with van der Waals surface area (Å²) in [4.78, 5) is 11.8. The fraction of sp³-hybridized carbons (Fsp3) is 0.588. The van der Waals surface area contributed by atoms with Crippen LogP contribution in [0.15, 0.2) is 18.2 Å². The van der Waals surface area contributed by atoms with Crippen LogP contribution in [-0.2, 0) is 12.4 Å². The van der Waals surface area contributed by atoms with Crippen LogP contribution in [0.1, 0.15) is 48.9 Å². The van der Waals surface area contributed by atoms with E-state index in [1.54, 1.807) is 0 Å². The van der Waals surface area contributed by atoms with E-state index in [-0.39, 0.29) is 11.6 Å². The Labute approximate surface area is 153 Å². The summed E-state index contributed by atoms with van der Waals surface area (Å²) < 4.78 is 75.1. The van der Waals surface area contributed by atoms with E-state index < -0.39 is 35.6 Å². The molecule has 1 heterocycles. The van der Waals surface area contributed by atoms with Crippen molar-refractivity contribution in [3.8, 4) is 0 Å². The molecule has 0 saturated carbocycles. The molecule has 1 aliphatic heterocycles. The quantitative estimate of drug-likeness (QED) is 0.675. The van der Waals surface area contributed by atoms with E-state index in [0.717, 1.165) is 38.1 Å². The minimum absolute atomic E-state index is 0.0559. The number of halogens is 6. The first-order valence-corrected chi connectivity index (χ1v) is 8.30. The lowest BCUT2D eigenvalue weighted by Crippen LogP contribution is -2.34. The van der Waals surface area contributed by atoms with Gasteiger partial charge in [-0.05, 0) is 57.0 Å². The van der Waals surface area contributed by atoms with E-state index in [1.165, 1.54) is 25.3 Å². The van der Waals surface area contributed by atoms with Crippen molar-refractivity contribution in [1.29, 1.82) is 0 Å². The number of hydrogen-bond acceptors (Lipinski definition) is 2. The van der Waals surface area contributed by atoms with Crippen LogP contribution in [0.25, 0.3) is 0 Å². The molecule has 1 aromatic rings. The van der Waals surface area contributed by atoms with E-state index in [4.69, 9.17) is 5.11 Å². The van der Waals surface area contributed by atoms with Gasteiger partial charge in [0.1, 0.15) is 0 Å². The highest BCUT2D eigenvalue weighted by atomic mass is 19.4. The summed E-state index contributed by atoms with van der Waals surface area (Å²) in [5.74, 6) is 0. The molecule has 0 bridgehead atoms. The van der Waals surface area contributed by atoms with Gasteiger partial charge in [0.25, 0.3) is 0 Å². The molecule has 4 nitrogen and oxygen atoms in total. The van der Waals surface area contributed by atoms with Gasteiger partial charge in [-0.2, -0.15) is 26.3 Å². The predicted molar refractivity (Wildman–Crippen MR) is 87.4 cm³/mol. The highest BCUT2D eigenvalue weighted by Crippen LogP contribution is 2.37. The van der Waals surface area contributed by atoms with E-state index in [2.05, 4.69) is 5.32 Å². The highest BCUT2D eigenvalue weighted by molar-refractivity contribution is 5.64. The average molecular weight is 400 g/mol. The highest BCUT2D eigenvalue weighted by Gasteiger charge is 2.37. The third-order valence-corrected chi connectivity index (χ3v) is 4.17. The van der Waals surface area contributed by atoms with Crippen molar-refractivity contribution < 1.29 is 36.2 Å². The number of likely N-dealkylation sites (tertiary alicyclic amines) is 1. The Morgan fingerprint density at radius 1 is 1.00 bits per heavy atom. The monoisotopic (exact) mass is 400 g/mol. The smallest absolute Gasteiger partial charge is 0.416 e. The number of rotatable bonds is 2. The van der Waals surface area contributed by atoms with Crippen LogP contribution >= 0.6 is 0 Å². The molecule has 0 unspecified atom stereocenters. The molecule has 1 aromatic carbocycles. The number of carboxylic acid groups (broad SMARTS) is 1. The molecule has 0 spiro atoms. The Morgan fingerprint density at radius 3 is 1.74 bits per heavy atom. The van der Waals surface area contributed by atoms with Crippen LogP contribution in [-0.4, -0.2) is 36.2 Å². The fourth-order valence-electron chi connectivity index (χ4n) is 2.48. The van der Waals surface area contributed by atoms with Gasteiger partial charge in [0.2, 0.25) is 0 Å². The van der Waals surface area contributed by atoms with Crippen molar-refractivity contribution in [3.63, 3.8) is 0 Å². The van der Waals surface area contributed by atoms with Crippen molar-refractivity contribution in [3.05, 3.63) is 34.9 Å². The minimum Gasteiger partial charge on any atom is -0.465 e. The van der Waals surface area contributed by atoms with Gasteiger partial charge < -0.3 is 15.3 Å². The molecule has 0 radical (unpaired) electrons. The zero-order valence-electron chi connectivity index (χ0n) is 14.9. The maximum Gasteiger partial charge on any atom is 0.416 e. The van der Waals surface area contributed by atoms with Gasteiger partial charge in [-0.3, -0.25) is 0 Å². The summed E-state index contributed by atoms with van der Waals surface area (Å²) in [6.45, 7) is 2.94. The van der Waals surface area contributed by atoms with Gasteiger partial charge in [0.05, 0.1) is 11.1 Å². The summed E-state index contributed by atoms with van der Waals surface area (Å²) in [7, 11) is 1.46. The first-order chi connectivity index (χ1) is 12.4. The molecule has 2 N–H and O–H groups in total. The van der Waals surface area contributed by atoms with Crippen LogP contribution < -0.4 is 5.32 Å². The summed E-state index contributed by atoms with van der Waals surface area (Å²) in [5, 5.41) is 11.1. The second kappa shape index (κ2) is 9.29. The molecule has 1 fully saturated rings. The Kier molecular flexibility index (Phi) is 7.94. The molecule has 27 heavy (non-hydrogen) atoms. The topological polar surface area (TPSA) is 52.6 Å². The maximum atomic E-state index is 12.5. The molecule has 1 amide bonds. The van der Waals surface area contributed by atoms with Crippen molar-refractivity contribution in [1.82, 2.24) is 10.2 Å². The number of benzene rings is 1. The fourth-order valence-corrected chi connectivity index (χ4v) is 2.48. The number of alkyl halides is 6. The SMILES string of the molecule is CN[C@H](C)c1cc(C(F)(F)F)cc(C(F)(F)F)c1.O=C(O)N1CCCCC1. The van der Waals surface area contributed by atoms with Crippen molar-refractivity contribution >= 4 is 6.09 Å².